The van der Waals surface area contributed by atoms with Gasteiger partial charge < -0.3 is 31.5 Å². The smallest absolute Gasteiger partial charge is 0.253 e. The highest BCUT2D eigenvalue weighted by Gasteiger charge is 2.42. The molecule has 0 saturated carbocycles. The van der Waals surface area contributed by atoms with Crippen LogP contribution in [-0.4, -0.2) is 81.5 Å². The molecule has 0 aromatic heterocycles. The average Bonchev–Trinajstić information content (AvgIpc) is 3.29. The highest BCUT2D eigenvalue weighted by molar-refractivity contribution is 6.31. The van der Waals surface area contributed by atoms with Gasteiger partial charge in [0.15, 0.2) is 0 Å². The molecule has 0 aliphatic carbocycles. The lowest BCUT2D eigenvalue weighted by Gasteiger charge is -2.32. The van der Waals surface area contributed by atoms with Crippen molar-refractivity contribution < 1.29 is 34.2 Å². The summed E-state index contributed by atoms with van der Waals surface area (Å²) in [6.07, 6.45) is -0.0269. The molecule has 2 heterocycles. The van der Waals surface area contributed by atoms with E-state index in [4.69, 9.17) is 11.6 Å². The Morgan fingerprint density at radius 2 is 1.61 bits per heavy atom. The van der Waals surface area contributed by atoms with Crippen molar-refractivity contribution in [1.29, 1.82) is 0 Å². The van der Waals surface area contributed by atoms with Gasteiger partial charge in [-0.25, -0.2) is 0 Å². The predicted octanol–water partition coefficient (Wildman–Crippen LogP) is -0.834. The summed E-state index contributed by atoms with van der Waals surface area (Å²) >= 11 is 6.24. The summed E-state index contributed by atoms with van der Waals surface area (Å²) in [6, 6.07) is 2.63. The summed E-state index contributed by atoms with van der Waals surface area (Å²) in [5.41, 5.74) is 0.560. The monoisotopic (exact) mass is 549 g/mol. The maximum absolute atomic E-state index is 13.4. The fourth-order valence-corrected chi connectivity index (χ4v) is 4.59. The summed E-state index contributed by atoms with van der Waals surface area (Å²) in [5, 5.41) is 30.3. The van der Waals surface area contributed by atoms with E-state index >= 15 is 0 Å². The first kappa shape index (κ1) is 29.1. The van der Waals surface area contributed by atoms with Crippen molar-refractivity contribution in [2.75, 3.05) is 6.61 Å². The highest BCUT2D eigenvalue weighted by Crippen LogP contribution is 2.27. The van der Waals surface area contributed by atoms with Crippen LogP contribution in [-0.2, 0) is 24.0 Å². The van der Waals surface area contributed by atoms with Crippen LogP contribution < -0.4 is 21.3 Å². The largest absolute Gasteiger partial charge is 0.394 e. The molecule has 6 N–H and O–H groups in total. The number of halogens is 1. The first-order valence-electron chi connectivity index (χ1n) is 12.3. The number of amides is 5. The zero-order valence-electron chi connectivity index (χ0n) is 21.0. The second kappa shape index (κ2) is 12.9. The summed E-state index contributed by atoms with van der Waals surface area (Å²) in [6.45, 7) is 2.22. The molecule has 2 aliphatic heterocycles. The van der Waals surface area contributed by atoms with Crippen molar-refractivity contribution in [3.63, 3.8) is 0 Å². The van der Waals surface area contributed by atoms with Crippen molar-refractivity contribution in [3.8, 4) is 0 Å². The molecule has 5 amide bonds. The number of nitrogens with zero attached hydrogens (tertiary/aromatic N) is 1. The molecule has 0 bridgehead atoms. The van der Waals surface area contributed by atoms with Crippen molar-refractivity contribution in [2.45, 2.75) is 69.4 Å². The normalized spacial score (nSPS) is 28.4. The van der Waals surface area contributed by atoms with Gasteiger partial charge in [0.1, 0.15) is 29.3 Å². The lowest BCUT2D eigenvalue weighted by Crippen LogP contribution is -2.60. The predicted molar refractivity (Wildman–Crippen MR) is 136 cm³/mol. The second-order valence-electron chi connectivity index (χ2n) is 9.16. The Morgan fingerprint density at radius 3 is 2.21 bits per heavy atom. The van der Waals surface area contributed by atoms with Crippen LogP contribution in [0.4, 0.5) is 0 Å². The van der Waals surface area contributed by atoms with Crippen LogP contribution in [0.5, 0.6) is 0 Å². The topological polar surface area (TPSA) is 177 Å². The molecule has 0 spiro atoms. The molecular weight excluding hydrogens is 518 g/mol. The van der Waals surface area contributed by atoms with Gasteiger partial charge in [0.2, 0.25) is 23.6 Å². The fourth-order valence-electron chi connectivity index (χ4n) is 4.30. The van der Waals surface area contributed by atoms with Crippen LogP contribution in [0, 0.1) is 0 Å². The Labute approximate surface area is 224 Å². The van der Waals surface area contributed by atoms with Crippen LogP contribution in [0.15, 0.2) is 41.6 Å². The molecule has 206 valence electrons. The lowest BCUT2D eigenvalue weighted by atomic mass is 10.0. The van der Waals surface area contributed by atoms with Crippen LogP contribution in [0.2, 0.25) is 0 Å². The number of carbonyl (C=O) groups is 5. The summed E-state index contributed by atoms with van der Waals surface area (Å²) in [7, 11) is 0. The van der Waals surface area contributed by atoms with Crippen LogP contribution in [0.3, 0.4) is 0 Å². The number of rotatable bonds is 4. The zero-order valence-corrected chi connectivity index (χ0v) is 21.8. The number of aliphatic hydroxyl groups is 2. The molecule has 2 aliphatic rings. The molecule has 38 heavy (non-hydrogen) atoms. The second-order valence-corrected chi connectivity index (χ2v) is 9.55. The SMILES string of the molecule is CC[C@@H]1NC(=O)[C@@H]2CC=C(Cl)N2C(=O)[C@H]([C@H](C)O)NC(=O)C[C@H](c2ccccc2)NC(=O)[C@H](CO)NC1=O. The minimum absolute atomic E-state index is 0.0483. The van der Waals surface area contributed by atoms with E-state index in [0.29, 0.717) is 5.56 Å². The molecular formula is C25H32ClN5O7. The van der Waals surface area contributed by atoms with Crippen LogP contribution >= 0.6 is 11.6 Å². The lowest BCUT2D eigenvalue weighted by molar-refractivity contribution is -0.143. The van der Waals surface area contributed by atoms with Gasteiger partial charge in [0.05, 0.1) is 25.2 Å². The van der Waals surface area contributed by atoms with Crippen molar-refractivity contribution >= 4 is 41.1 Å². The van der Waals surface area contributed by atoms with E-state index in [1.54, 1.807) is 37.3 Å². The van der Waals surface area contributed by atoms with Gasteiger partial charge in [-0.3, -0.25) is 28.9 Å². The van der Waals surface area contributed by atoms with E-state index in [1.807, 2.05) is 0 Å². The summed E-state index contributed by atoms with van der Waals surface area (Å²) in [5.74, 6) is -3.65. The Morgan fingerprint density at radius 1 is 0.974 bits per heavy atom. The van der Waals surface area contributed by atoms with Crippen molar-refractivity contribution in [1.82, 2.24) is 26.2 Å². The minimum Gasteiger partial charge on any atom is -0.394 e. The minimum atomic E-state index is -1.45. The Hall–Kier alpha value is -3.48. The van der Waals surface area contributed by atoms with E-state index in [9.17, 15) is 34.2 Å². The number of hydrogen-bond donors (Lipinski definition) is 6. The first-order chi connectivity index (χ1) is 18.1. The Bertz CT molecular complexity index is 1100. The third-order valence-electron chi connectivity index (χ3n) is 6.42. The third kappa shape index (κ3) is 6.69. The van der Waals surface area contributed by atoms with Crippen LogP contribution in [0.25, 0.3) is 0 Å². The van der Waals surface area contributed by atoms with Gasteiger partial charge in [0.25, 0.3) is 5.91 Å². The van der Waals surface area contributed by atoms with Gasteiger partial charge >= 0.3 is 0 Å². The molecule has 1 aromatic carbocycles. The molecule has 1 saturated heterocycles. The van der Waals surface area contributed by atoms with Gasteiger partial charge in [0, 0.05) is 0 Å². The molecule has 0 radical (unpaired) electrons. The average molecular weight is 550 g/mol. The zero-order chi connectivity index (χ0) is 28.0. The maximum atomic E-state index is 13.4. The molecule has 6 atom stereocenters. The van der Waals surface area contributed by atoms with Crippen molar-refractivity contribution in [2.24, 2.45) is 0 Å². The number of carbonyl (C=O) groups excluding carboxylic acids is 5. The van der Waals surface area contributed by atoms with Gasteiger partial charge in [-0.1, -0.05) is 48.9 Å². The highest BCUT2D eigenvalue weighted by atomic mass is 35.5. The van der Waals surface area contributed by atoms with Crippen LogP contribution in [0.1, 0.15) is 44.7 Å². The molecule has 13 heteroatoms. The molecule has 3 rings (SSSR count). The molecule has 0 unspecified atom stereocenters. The maximum Gasteiger partial charge on any atom is 0.253 e. The van der Waals surface area contributed by atoms with E-state index in [2.05, 4.69) is 21.3 Å². The number of nitrogens with one attached hydrogen (secondary N) is 4. The molecule has 1 aromatic rings. The van der Waals surface area contributed by atoms with Gasteiger partial charge in [-0.05, 0) is 31.4 Å². The Balaban J connectivity index is 2.01. The first-order valence-corrected chi connectivity index (χ1v) is 12.7. The van der Waals surface area contributed by atoms with Crippen molar-refractivity contribution in [3.05, 3.63) is 47.1 Å². The summed E-state index contributed by atoms with van der Waals surface area (Å²) in [4.78, 5) is 66.5. The fraction of sp³-hybridized carbons (Fsp3) is 0.480. The Kier molecular flexibility index (Phi) is 9.84. The number of aliphatic hydroxyl groups excluding tert-OH is 2. The molecule has 12 nitrogen and oxygen atoms in total. The van der Waals surface area contributed by atoms with E-state index < -0.39 is 72.5 Å². The third-order valence-corrected chi connectivity index (χ3v) is 6.76. The van der Waals surface area contributed by atoms with Gasteiger partial charge in [-0.15, -0.1) is 0 Å². The number of fused-ring (bicyclic) bond motifs is 1. The standard InChI is InChI=1S/C25H32ClN5O7/c1-3-15-22(35)29-17(12-32)23(36)28-16(14-7-5-4-6-8-14)11-20(34)30-21(13(2)33)25(38)31-18(24(37)27-15)9-10-19(31)26/h4-8,10,13,15-18,21,32-33H,3,9,11-12H2,1-2H3,(H,27,37)(H,28,36)(H,29,35)(H,30,34)/t13-,15-,16+,17-,18-,21-/m0/s1. The molecule has 1 fully saturated rings. The van der Waals surface area contributed by atoms with E-state index in [0.717, 1.165) is 4.90 Å². The number of hydrogen-bond acceptors (Lipinski definition) is 7. The van der Waals surface area contributed by atoms with Gasteiger partial charge in [-0.2, -0.15) is 0 Å². The van der Waals surface area contributed by atoms with E-state index in [1.165, 1.54) is 13.0 Å². The number of benzene rings is 1. The van der Waals surface area contributed by atoms with E-state index in [-0.39, 0.29) is 24.4 Å². The summed E-state index contributed by atoms with van der Waals surface area (Å²) < 4.78 is 0. The quantitative estimate of drug-likeness (QED) is 0.265.